The number of carbonyl (C=O) groups excluding carboxylic acids is 2. The average molecular weight is 347 g/mol. The molecule has 1 fully saturated rings. The predicted molar refractivity (Wildman–Crippen MR) is 93.2 cm³/mol. The van der Waals surface area contributed by atoms with Crippen molar-refractivity contribution in [2.45, 2.75) is 25.7 Å². The molecule has 1 aromatic heterocycles. The van der Waals surface area contributed by atoms with Gasteiger partial charge in [-0.3, -0.25) is 15.0 Å². The first-order valence-corrected chi connectivity index (χ1v) is 9.01. The smallest absolute Gasteiger partial charge is 0.413 e. The first-order valence-electron chi connectivity index (χ1n) is 8.20. The first kappa shape index (κ1) is 16.9. The lowest BCUT2D eigenvalue weighted by molar-refractivity contribution is -0.121. The molecule has 0 radical (unpaired) electrons. The minimum atomic E-state index is -0.678. The van der Waals surface area contributed by atoms with Crippen molar-refractivity contribution in [1.82, 2.24) is 15.2 Å². The predicted octanol–water partition coefficient (Wildman–Crippen LogP) is 2.75. The number of rotatable bonds is 4. The van der Waals surface area contributed by atoms with Crippen molar-refractivity contribution in [2.24, 2.45) is 0 Å². The Morgan fingerprint density at radius 1 is 1.42 bits per heavy atom. The number of nitrogens with one attached hydrogen (secondary N) is 1. The van der Waals surface area contributed by atoms with E-state index in [9.17, 15) is 9.59 Å². The van der Waals surface area contributed by atoms with E-state index in [-0.39, 0.29) is 19.1 Å². The summed E-state index contributed by atoms with van der Waals surface area (Å²) in [4.78, 5) is 30.0. The van der Waals surface area contributed by atoms with Gasteiger partial charge in [-0.15, -0.1) is 11.3 Å². The SMILES string of the molecule is CCOC(=O)NC(=O)CN1CCC[C@H](c2nc3ccccc3s2)C1. The van der Waals surface area contributed by atoms with Gasteiger partial charge in [-0.2, -0.15) is 0 Å². The second-order valence-electron chi connectivity index (χ2n) is 5.86. The van der Waals surface area contributed by atoms with Crippen molar-refractivity contribution in [3.8, 4) is 0 Å². The number of hydrogen-bond donors (Lipinski definition) is 1. The molecule has 1 atom stereocenters. The Balaban J connectivity index is 1.59. The molecule has 2 aromatic rings. The molecule has 3 rings (SSSR count). The third-order valence-electron chi connectivity index (χ3n) is 4.05. The summed E-state index contributed by atoms with van der Waals surface area (Å²) >= 11 is 1.73. The molecule has 0 spiro atoms. The average Bonchev–Trinajstić information content (AvgIpc) is 2.99. The zero-order valence-corrected chi connectivity index (χ0v) is 14.5. The number of thiazole rings is 1. The van der Waals surface area contributed by atoms with Crippen molar-refractivity contribution in [3.63, 3.8) is 0 Å². The van der Waals surface area contributed by atoms with E-state index < -0.39 is 6.09 Å². The highest BCUT2D eigenvalue weighted by atomic mass is 32.1. The number of carbonyl (C=O) groups is 2. The summed E-state index contributed by atoms with van der Waals surface area (Å²) in [5.41, 5.74) is 1.04. The van der Waals surface area contributed by atoms with Crippen LogP contribution in [0.5, 0.6) is 0 Å². The van der Waals surface area contributed by atoms with Gasteiger partial charge in [0, 0.05) is 12.5 Å². The topological polar surface area (TPSA) is 71.5 Å². The Bertz CT molecular complexity index is 698. The van der Waals surface area contributed by atoms with Gasteiger partial charge in [0.15, 0.2) is 0 Å². The second kappa shape index (κ2) is 7.72. The highest BCUT2D eigenvalue weighted by Gasteiger charge is 2.25. The summed E-state index contributed by atoms with van der Waals surface area (Å²) in [7, 11) is 0. The van der Waals surface area contributed by atoms with E-state index in [0.717, 1.165) is 36.5 Å². The summed E-state index contributed by atoms with van der Waals surface area (Å²) < 4.78 is 5.93. The van der Waals surface area contributed by atoms with Crippen LogP contribution in [0.3, 0.4) is 0 Å². The van der Waals surface area contributed by atoms with E-state index in [1.807, 2.05) is 18.2 Å². The van der Waals surface area contributed by atoms with Crippen LogP contribution in [0.15, 0.2) is 24.3 Å². The Labute approximate surface area is 144 Å². The van der Waals surface area contributed by atoms with Gasteiger partial charge in [0.25, 0.3) is 0 Å². The summed E-state index contributed by atoms with van der Waals surface area (Å²) in [6, 6.07) is 8.14. The minimum absolute atomic E-state index is 0.209. The van der Waals surface area contributed by atoms with E-state index in [2.05, 4.69) is 16.3 Å². The number of imide groups is 1. The molecule has 1 aliphatic heterocycles. The molecule has 1 saturated heterocycles. The second-order valence-corrected chi connectivity index (χ2v) is 6.92. The van der Waals surface area contributed by atoms with Crippen LogP contribution in [0.4, 0.5) is 4.79 Å². The fourth-order valence-electron chi connectivity index (χ4n) is 2.99. The van der Waals surface area contributed by atoms with Gasteiger partial charge < -0.3 is 4.74 Å². The molecule has 1 aliphatic rings. The fourth-order valence-corrected chi connectivity index (χ4v) is 4.08. The number of alkyl carbamates (subject to hydrolysis) is 1. The Morgan fingerprint density at radius 3 is 3.04 bits per heavy atom. The van der Waals surface area contributed by atoms with E-state index in [1.54, 1.807) is 18.3 Å². The van der Waals surface area contributed by atoms with Crippen LogP contribution < -0.4 is 5.32 Å². The molecule has 128 valence electrons. The number of fused-ring (bicyclic) bond motifs is 1. The molecule has 1 aromatic carbocycles. The van der Waals surface area contributed by atoms with Gasteiger partial charge >= 0.3 is 6.09 Å². The summed E-state index contributed by atoms with van der Waals surface area (Å²) in [6.45, 7) is 3.81. The number of ether oxygens (including phenoxy) is 1. The van der Waals surface area contributed by atoms with Crippen molar-refractivity contribution in [2.75, 3.05) is 26.2 Å². The van der Waals surface area contributed by atoms with Gasteiger partial charge in [-0.05, 0) is 38.4 Å². The number of hydrogen-bond acceptors (Lipinski definition) is 6. The van der Waals surface area contributed by atoms with E-state index in [4.69, 9.17) is 9.72 Å². The molecule has 1 N–H and O–H groups in total. The first-order chi connectivity index (χ1) is 11.7. The molecule has 2 amide bonds. The van der Waals surface area contributed by atoms with Crippen molar-refractivity contribution < 1.29 is 14.3 Å². The lowest BCUT2D eigenvalue weighted by Crippen LogP contribution is -2.43. The molecular formula is C17H21N3O3S. The maximum Gasteiger partial charge on any atom is 0.413 e. The number of aromatic nitrogens is 1. The highest BCUT2D eigenvalue weighted by molar-refractivity contribution is 7.18. The van der Waals surface area contributed by atoms with Crippen molar-refractivity contribution in [1.29, 1.82) is 0 Å². The van der Waals surface area contributed by atoms with Gasteiger partial charge in [0.1, 0.15) is 0 Å². The number of piperidine rings is 1. The van der Waals surface area contributed by atoms with Crippen LogP contribution in [0.1, 0.15) is 30.7 Å². The normalized spacial score (nSPS) is 18.5. The molecular weight excluding hydrogens is 326 g/mol. The van der Waals surface area contributed by atoms with Crippen LogP contribution in [0.2, 0.25) is 0 Å². The van der Waals surface area contributed by atoms with Crippen molar-refractivity contribution in [3.05, 3.63) is 29.3 Å². The lowest BCUT2D eigenvalue weighted by atomic mass is 9.99. The third kappa shape index (κ3) is 4.10. The van der Waals surface area contributed by atoms with E-state index in [0.29, 0.717) is 5.92 Å². The number of amides is 2. The van der Waals surface area contributed by atoms with Gasteiger partial charge in [-0.25, -0.2) is 9.78 Å². The van der Waals surface area contributed by atoms with E-state index >= 15 is 0 Å². The standard InChI is InChI=1S/C17H21N3O3S/c1-2-23-17(22)19-15(21)11-20-9-5-6-12(10-20)16-18-13-7-3-4-8-14(13)24-16/h3-4,7-8,12H,2,5-6,9-11H2,1H3,(H,19,21,22)/t12-/m0/s1. The monoisotopic (exact) mass is 347 g/mol. The number of nitrogens with zero attached hydrogens (tertiary/aromatic N) is 2. The van der Waals surface area contributed by atoms with Gasteiger partial charge in [-0.1, -0.05) is 12.1 Å². The Morgan fingerprint density at radius 2 is 2.25 bits per heavy atom. The van der Waals surface area contributed by atoms with Crippen LogP contribution in [-0.2, 0) is 9.53 Å². The number of likely N-dealkylation sites (tertiary alicyclic amines) is 1. The summed E-state index contributed by atoms with van der Waals surface area (Å²) in [5.74, 6) is 0.0185. The molecule has 0 unspecified atom stereocenters. The number of benzene rings is 1. The zero-order valence-electron chi connectivity index (χ0n) is 13.7. The lowest BCUT2D eigenvalue weighted by Gasteiger charge is -2.31. The van der Waals surface area contributed by atoms with Gasteiger partial charge in [0.05, 0.1) is 28.4 Å². The molecule has 0 bridgehead atoms. The van der Waals surface area contributed by atoms with Crippen LogP contribution >= 0.6 is 11.3 Å². The van der Waals surface area contributed by atoms with Crippen molar-refractivity contribution >= 4 is 33.6 Å². The highest BCUT2D eigenvalue weighted by Crippen LogP contribution is 2.32. The molecule has 0 saturated carbocycles. The summed E-state index contributed by atoms with van der Waals surface area (Å²) in [5, 5.41) is 3.38. The largest absolute Gasteiger partial charge is 0.450 e. The molecule has 2 heterocycles. The summed E-state index contributed by atoms with van der Waals surface area (Å²) in [6.07, 6.45) is 1.42. The minimum Gasteiger partial charge on any atom is -0.450 e. The fraction of sp³-hybridized carbons (Fsp3) is 0.471. The zero-order chi connectivity index (χ0) is 16.9. The van der Waals surface area contributed by atoms with Crippen LogP contribution in [0, 0.1) is 0 Å². The quantitative estimate of drug-likeness (QED) is 0.921. The molecule has 7 heteroatoms. The maximum absolute atomic E-state index is 11.9. The Hall–Kier alpha value is -1.99. The van der Waals surface area contributed by atoms with Crippen LogP contribution in [0.25, 0.3) is 10.2 Å². The molecule has 6 nitrogen and oxygen atoms in total. The Kier molecular flexibility index (Phi) is 5.42. The third-order valence-corrected chi connectivity index (χ3v) is 5.25. The molecule has 24 heavy (non-hydrogen) atoms. The van der Waals surface area contributed by atoms with E-state index in [1.165, 1.54) is 4.70 Å². The number of para-hydroxylation sites is 1. The van der Waals surface area contributed by atoms with Crippen LogP contribution in [-0.4, -0.2) is 48.1 Å². The van der Waals surface area contributed by atoms with Gasteiger partial charge in [0.2, 0.25) is 5.91 Å². The maximum atomic E-state index is 11.9. The molecule has 0 aliphatic carbocycles.